The maximum absolute atomic E-state index is 5.82. The number of hydrogen-bond acceptors (Lipinski definition) is 3. The standard InChI is InChI=1S/C16H28N2O/c1-5-6-14(4)12-19-16-7-8-18-15(9-16)11-17-10-13(2)3/h7-9,13-14,17H,5-6,10-12H2,1-4H3. The van der Waals surface area contributed by atoms with Gasteiger partial charge in [0.15, 0.2) is 0 Å². The number of hydrogen-bond donors (Lipinski definition) is 1. The Hall–Kier alpha value is -1.09. The first-order valence-corrected chi connectivity index (χ1v) is 7.40. The fourth-order valence-corrected chi connectivity index (χ4v) is 1.95. The van der Waals surface area contributed by atoms with E-state index in [1.165, 1.54) is 12.8 Å². The van der Waals surface area contributed by atoms with E-state index in [4.69, 9.17) is 4.74 Å². The van der Waals surface area contributed by atoms with Gasteiger partial charge in [-0.05, 0) is 30.9 Å². The Balaban J connectivity index is 2.38. The molecule has 1 unspecified atom stereocenters. The van der Waals surface area contributed by atoms with Crippen molar-refractivity contribution in [2.75, 3.05) is 13.2 Å². The highest BCUT2D eigenvalue weighted by molar-refractivity contribution is 5.22. The van der Waals surface area contributed by atoms with E-state index in [2.05, 4.69) is 38.0 Å². The summed E-state index contributed by atoms with van der Waals surface area (Å²) >= 11 is 0. The summed E-state index contributed by atoms with van der Waals surface area (Å²) in [6.45, 7) is 11.5. The highest BCUT2D eigenvalue weighted by Crippen LogP contribution is 2.14. The average Bonchev–Trinajstić information content (AvgIpc) is 2.37. The molecule has 1 N–H and O–H groups in total. The Labute approximate surface area is 117 Å². The van der Waals surface area contributed by atoms with E-state index in [-0.39, 0.29) is 0 Å². The van der Waals surface area contributed by atoms with Crippen molar-refractivity contribution in [1.82, 2.24) is 10.3 Å². The van der Waals surface area contributed by atoms with Gasteiger partial charge in [-0.15, -0.1) is 0 Å². The second-order valence-corrected chi connectivity index (χ2v) is 5.71. The molecule has 0 aromatic carbocycles. The van der Waals surface area contributed by atoms with Gasteiger partial charge >= 0.3 is 0 Å². The SMILES string of the molecule is CCCC(C)COc1ccnc(CNCC(C)C)c1. The van der Waals surface area contributed by atoms with E-state index in [1.807, 2.05) is 18.3 Å². The Morgan fingerprint density at radius 2 is 2.11 bits per heavy atom. The van der Waals surface area contributed by atoms with E-state index in [0.29, 0.717) is 11.8 Å². The van der Waals surface area contributed by atoms with Crippen molar-refractivity contribution in [3.8, 4) is 5.75 Å². The monoisotopic (exact) mass is 264 g/mol. The molecule has 0 bridgehead atoms. The Morgan fingerprint density at radius 3 is 2.79 bits per heavy atom. The van der Waals surface area contributed by atoms with Crippen LogP contribution in [0.3, 0.4) is 0 Å². The van der Waals surface area contributed by atoms with Crippen molar-refractivity contribution in [3.05, 3.63) is 24.0 Å². The van der Waals surface area contributed by atoms with Gasteiger partial charge in [0.05, 0.1) is 12.3 Å². The third-order valence-corrected chi connectivity index (χ3v) is 2.96. The van der Waals surface area contributed by atoms with Crippen LogP contribution in [0.25, 0.3) is 0 Å². The van der Waals surface area contributed by atoms with E-state index in [1.54, 1.807) is 0 Å². The molecule has 1 heterocycles. The van der Waals surface area contributed by atoms with Crippen molar-refractivity contribution < 1.29 is 4.74 Å². The molecular weight excluding hydrogens is 236 g/mol. The van der Waals surface area contributed by atoms with Crippen molar-refractivity contribution in [1.29, 1.82) is 0 Å². The maximum atomic E-state index is 5.82. The number of pyridine rings is 1. The predicted molar refractivity (Wildman–Crippen MR) is 80.3 cm³/mol. The minimum Gasteiger partial charge on any atom is -0.493 e. The minimum atomic E-state index is 0.612. The first-order chi connectivity index (χ1) is 9.11. The van der Waals surface area contributed by atoms with Crippen molar-refractivity contribution in [2.45, 2.75) is 47.1 Å². The van der Waals surface area contributed by atoms with Crippen LogP contribution in [0.2, 0.25) is 0 Å². The van der Waals surface area contributed by atoms with Crippen LogP contribution in [0.5, 0.6) is 5.75 Å². The van der Waals surface area contributed by atoms with Crippen molar-refractivity contribution >= 4 is 0 Å². The highest BCUT2D eigenvalue weighted by Gasteiger charge is 2.03. The highest BCUT2D eigenvalue weighted by atomic mass is 16.5. The van der Waals surface area contributed by atoms with Crippen LogP contribution in [-0.4, -0.2) is 18.1 Å². The molecule has 3 heteroatoms. The Morgan fingerprint density at radius 1 is 1.32 bits per heavy atom. The van der Waals surface area contributed by atoms with Crippen LogP contribution in [0, 0.1) is 11.8 Å². The molecule has 0 saturated heterocycles. The maximum Gasteiger partial charge on any atom is 0.122 e. The van der Waals surface area contributed by atoms with Gasteiger partial charge in [-0.25, -0.2) is 0 Å². The van der Waals surface area contributed by atoms with E-state index in [9.17, 15) is 0 Å². The lowest BCUT2D eigenvalue weighted by atomic mass is 10.1. The summed E-state index contributed by atoms with van der Waals surface area (Å²) < 4.78 is 5.82. The van der Waals surface area contributed by atoms with Crippen molar-refractivity contribution in [3.63, 3.8) is 0 Å². The van der Waals surface area contributed by atoms with Crippen LogP contribution >= 0.6 is 0 Å². The van der Waals surface area contributed by atoms with Gasteiger partial charge in [-0.3, -0.25) is 4.98 Å². The van der Waals surface area contributed by atoms with Crippen LogP contribution in [0.4, 0.5) is 0 Å². The van der Waals surface area contributed by atoms with E-state index < -0.39 is 0 Å². The smallest absolute Gasteiger partial charge is 0.122 e. The van der Waals surface area contributed by atoms with Crippen LogP contribution in [-0.2, 0) is 6.54 Å². The number of ether oxygens (including phenoxy) is 1. The van der Waals surface area contributed by atoms with E-state index >= 15 is 0 Å². The lowest BCUT2D eigenvalue weighted by Gasteiger charge is -2.13. The molecule has 0 fully saturated rings. The largest absolute Gasteiger partial charge is 0.493 e. The van der Waals surface area contributed by atoms with Crippen molar-refractivity contribution in [2.24, 2.45) is 11.8 Å². The zero-order valence-electron chi connectivity index (χ0n) is 12.8. The quantitative estimate of drug-likeness (QED) is 0.739. The molecule has 0 aliphatic heterocycles. The zero-order valence-corrected chi connectivity index (χ0v) is 12.8. The molecule has 1 aromatic rings. The van der Waals surface area contributed by atoms with Gasteiger partial charge in [0.2, 0.25) is 0 Å². The second kappa shape index (κ2) is 8.92. The molecule has 0 aliphatic carbocycles. The fraction of sp³-hybridized carbons (Fsp3) is 0.688. The topological polar surface area (TPSA) is 34.1 Å². The summed E-state index contributed by atoms with van der Waals surface area (Å²) in [5, 5.41) is 3.40. The molecule has 1 atom stereocenters. The third-order valence-electron chi connectivity index (χ3n) is 2.96. The summed E-state index contributed by atoms with van der Waals surface area (Å²) in [5.41, 5.74) is 1.04. The third kappa shape index (κ3) is 7.16. The molecule has 108 valence electrons. The average molecular weight is 264 g/mol. The van der Waals surface area contributed by atoms with Gasteiger partial charge in [-0.1, -0.05) is 34.1 Å². The molecular formula is C16H28N2O. The summed E-state index contributed by atoms with van der Waals surface area (Å²) in [6, 6.07) is 3.97. The molecule has 1 aromatic heterocycles. The molecule has 3 nitrogen and oxygen atoms in total. The second-order valence-electron chi connectivity index (χ2n) is 5.71. The fourth-order valence-electron chi connectivity index (χ4n) is 1.95. The lowest BCUT2D eigenvalue weighted by molar-refractivity contribution is 0.251. The first-order valence-electron chi connectivity index (χ1n) is 7.40. The Kier molecular flexibility index (Phi) is 7.49. The molecule has 19 heavy (non-hydrogen) atoms. The number of nitrogens with zero attached hydrogens (tertiary/aromatic N) is 1. The summed E-state index contributed by atoms with van der Waals surface area (Å²) in [6.07, 6.45) is 4.26. The minimum absolute atomic E-state index is 0.612. The van der Waals surface area contributed by atoms with Crippen LogP contribution in [0.15, 0.2) is 18.3 Å². The first kappa shape index (κ1) is 16.0. The summed E-state index contributed by atoms with van der Waals surface area (Å²) in [7, 11) is 0. The molecule has 0 amide bonds. The number of rotatable bonds is 9. The molecule has 0 radical (unpaired) electrons. The van der Waals surface area contributed by atoms with Gasteiger partial charge in [0.25, 0.3) is 0 Å². The van der Waals surface area contributed by atoms with Gasteiger partial charge < -0.3 is 10.1 Å². The lowest BCUT2D eigenvalue weighted by Crippen LogP contribution is -2.19. The normalized spacial score (nSPS) is 12.7. The van der Waals surface area contributed by atoms with Gasteiger partial charge in [0, 0.05) is 18.8 Å². The molecule has 1 rings (SSSR count). The number of aromatic nitrogens is 1. The van der Waals surface area contributed by atoms with E-state index in [0.717, 1.165) is 31.1 Å². The summed E-state index contributed by atoms with van der Waals surface area (Å²) in [4.78, 5) is 4.36. The van der Waals surface area contributed by atoms with Crippen LogP contribution < -0.4 is 10.1 Å². The van der Waals surface area contributed by atoms with Crippen LogP contribution in [0.1, 0.15) is 46.2 Å². The Bertz CT molecular complexity index is 352. The molecule has 0 spiro atoms. The predicted octanol–water partition coefficient (Wildman–Crippen LogP) is 3.64. The number of nitrogens with one attached hydrogen (secondary N) is 1. The summed E-state index contributed by atoms with van der Waals surface area (Å²) in [5.74, 6) is 2.20. The van der Waals surface area contributed by atoms with Gasteiger partial charge in [0.1, 0.15) is 5.75 Å². The van der Waals surface area contributed by atoms with Gasteiger partial charge in [-0.2, -0.15) is 0 Å². The zero-order chi connectivity index (χ0) is 14.1. The molecule has 0 saturated carbocycles. The molecule has 0 aliphatic rings.